The molecule has 0 saturated heterocycles. The number of aliphatic carboxylic acids is 1. The second-order valence-corrected chi connectivity index (χ2v) is 4.22. The molecule has 1 N–H and O–H groups in total. The predicted molar refractivity (Wildman–Crippen MR) is 70.3 cm³/mol. The first-order valence-corrected chi connectivity index (χ1v) is 6.04. The Morgan fingerprint density at radius 3 is 3.05 bits per heavy atom. The van der Waals surface area contributed by atoms with E-state index in [1.54, 1.807) is 13.3 Å². The highest BCUT2D eigenvalue weighted by Gasteiger charge is 2.06. The molecule has 5 nitrogen and oxygen atoms in total. The number of carbonyl (C=O) groups is 1. The zero-order chi connectivity index (χ0) is 13.7. The fraction of sp³-hybridized carbons (Fsp3) is 0.286. The molecule has 0 unspecified atom stereocenters. The van der Waals surface area contributed by atoms with Crippen LogP contribution in [-0.2, 0) is 17.8 Å². The maximum Gasteiger partial charge on any atom is 0.303 e. The molecule has 0 aliphatic carbocycles. The molecule has 0 aliphatic heterocycles. The molecule has 0 atom stereocenters. The van der Waals surface area contributed by atoms with E-state index < -0.39 is 5.97 Å². The number of hydrogen-bond donors (Lipinski definition) is 1. The Morgan fingerprint density at radius 1 is 1.47 bits per heavy atom. The van der Waals surface area contributed by atoms with Crippen LogP contribution in [0.4, 0.5) is 0 Å². The quantitative estimate of drug-likeness (QED) is 0.862. The Hall–Kier alpha value is -2.30. The molecule has 1 heterocycles. The van der Waals surface area contributed by atoms with Crippen LogP contribution >= 0.6 is 0 Å². The number of imidazole rings is 1. The van der Waals surface area contributed by atoms with Crippen LogP contribution < -0.4 is 4.74 Å². The lowest BCUT2D eigenvalue weighted by molar-refractivity contribution is -0.137. The van der Waals surface area contributed by atoms with Crippen LogP contribution in [0.25, 0.3) is 0 Å². The Morgan fingerprint density at radius 2 is 2.32 bits per heavy atom. The third-order valence-corrected chi connectivity index (χ3v) is 2.85. The van der Waals surface area contributed by atoms with Crippen molar-refractivity contribution in [2.24, 2.45) is 0 Å². The molecular formula is C14H16N2O3. The fourth-order valence-electron chi connectivity index (χ4n) is 1.90. The molecule has 2 aromatic rings. The highest BCUT2D eigenvalue weighted by atomic mass is 16.5. The van der Waals surface area contributed by atoms with Gasteiger partial charge in [-0.05, 0) is 17.7 Å². The smallest absolute Gasteiger partial charge is 0.303 e. The van der Waals surface area contributed by atoms with Gasteiger partial charge in [-0.1, -0.05) is 12.1 Å². The minimum absolute atomic E-state index is 0.0924. The number of hydrogen-bond acceptors (Lipinski definition) is 3. The molecule has 0 bridgehead atoms. The number of carboxylic acids is 1. The van der Waals surface area contributed by atoms with Gasteiger partial charge in [-0.2, -0.15) is 0 Å². The summed E-state index contributed by atoms with van der Waals surface area (Å²) in [6.07, 6.45) is 4.08. The van der Waals surface area contributed by atoms with E-state index in [0.717, 1.165) is 17.1 Å². The van der Waals surface area contributed by atoms with Gasteiger partial charge in [-0.25, -0.2) is 4.98 Å². The lowest BCUT2D eigenvalue weighted by Gasteiger charge is -2.08. The molecule has 5 heteroatoms. The summed E-state index contributed by atoms with van der Waals surface area (Å²) in [7, 11) is 1.63. The molecule has 2 rings (SSSR count). The molecule has 0 aliphatic rings. The van der Waals surface area contributed by atoms with Crippen LogP contribution in [0.15, 0.2) is 36.7 Å². The van der Waals surface area contributed by atoms with Crippen molar-refractivity contribution >= 4 is 5.97 Å². The summed E-state index contributed by atoms with van der Waals surface area (Å²) >= 11 is 0. The number of carboxylic acid groups (broad SMARTS) is 1. The minimum atomic E-state index is -0.809. The van der Waals surface area contributed by atoms with E-state index in [1.165, 1.54) is 0 Å². The van der Waals surface area contributed by atoms with Gasteiger partial charge in [0.15, 0.2) is 0 Å². The van der Waals surface area contributed by atoms with Gasteiger partial charge < -0.3 is 14.4 Å². The SMILES string of the molecule is COc1cccc(Cn2ccnc2CCC(=O)O)c1. The second kappa shape index (κ2) is 6.04. The van der Waals surface area contributed by atoms with Crippen molar-refractivity contribution in [1.82, 2.24) is 9.55 Å². The van der Waals surface area contributed by atoms with E-state index >= 15 is 0 Å². The first-order chi connectivity index (χ1) is 9.19. The van der Waals surface area contributed by atoms with Crippen molar-refractivity contribution in [2.45, 2.75) is 19.4 Å². The molecule has 1 aromatic heterocycles. The number of methoxy groups -OCH3 is 1. The summed E-state index contributed by atoms with van der Waals surface area (Å²) in [5.41, 5.74) is 1.09. The molecule has 0 amide bonds. The van der Waals surface area contributed by atoms with Crippen LogP contribution in [-0.4, -0.2) is 27.7 Å². The number of aromatic nitrogens is 2. The molecule has 0 fully saturated rings. The van der Waals surface area contributed by atoms with Gasteiger partial charge in [0, 0.05) is 25.4 Å². The summed E-state index contributed by atoms with van der Waals surface area (Å²) in [5, 5.41) is 8.71. The van der Waals surface area contributed by atoms with Crippen LogP contribution in [0, 0.1) is 0 Å². The lowest BCUT2D eigenvalue weighted by Crippen LogP contribution is -2.07. The zero-order valence-corrected chi connectivity index (χ0v) is 10.7. The maximum atomic E-state index is 10.6. The number of nitrogens with zero attached hydrogens (tertiary/aromatic N) is 2. The van der Waals surface area contributed by atoms with Gasteiger partial charge in [0.1, 0.15) is 11.6 Å². The summed E-state index contributed by atoms with van der Waals surface area (Å²) in [6.45, 7) is 0.659. The predicted octanol–water partition coefficient (Wildman–Crippen LogP) is 1.96. The van der Waals surface area contributed by atoms with Gasteiger partial charge in [0.25, 0.3) is 0 Å². The van der Waals surface area contributed by atoms with Crippen LogP contribution in [0.3, 0.4) is 0 Å². The Balaban J connectivity index is 2.10. The van der Waals surface area contributed by atoms with E-state index in [1.807, 2.05) is 35.0 Å². The van der Waals surface area contributed by atoms with Crippen molar-refractivity contribution in [1.29, 1.82) is 0 Å². The van der Waals surface area contributed by atoms with Gasteiger partial charge in [0.05, 0.1) is 13.5 Å². The largest absolute Gasteiger partial charge is 0.497 e. The molecule has 1 aromatic carbocycles. The number of ether oxygens (including phenoxy) is 1. The molecule has 0 saturated carbocycles. The molecule has 0 spiro atoms. The minimum Gasteiger partial charge on any atom is -0.497 e. The summed E-state index contributed by atoms with van der Waals surface area (Å²) in [4.78, 5) is 14.8. The van der Waals surface area contributed by atoms with Crippen molar-refractivity contribution in [2.75, 3.05) is 7.11 Å². The van der Waals surface area contributed by atoms with Gasteiger partial charge >= 0.3 is 5.97 Å². The monoisotopic (exact) mass is 260 g/mol. The van der Waals surface area contributed by atoms with Crippen LogP contribution in [0.1, 0.15) is 17.8 Å². The van der Waals surface area contributed by atoms with Crippen molar-refractivity contribution < 1.29 is 14.6 Å². The van der Waals surface area contributed by atoms with Gasteiger partial charge in [0.2, 0.25) is 0 Å². The van der Waals surface area contributed by atoms with Gasteiger partial charge in [-0.15, -0.1) is 0 Å². The highest BCUT2D eigenvalue weighted by molar-refractivity contribution is 5.66. The molecular weight excluding hydrogens is 244 g/mol. The summed E-state index contributed by atoms with van der Waals surface area (Å²) in [6, 6.07) is 7.79. The van der Waals surface area contributed by atoms with E-state index in [4.69, 9.17) is 9.84 Å². The third-order valence-electron chi connectivity index (χ3n) is 2.85. The topological polar surface area (TPSA) is 64.4 Å². The second-order valence-electron chi connectivity index (χ2n) is 4.22. The van der Waals surface area contributed by atoms with E-state index in [0.29, 0.717) is 13.0 Å². The van der Waals surface area contributed by atoms with Crippen LogP contribution in [0.5, 0.6) is 5.75 Å². The summed E-state index contributed by atoms with van der Waals surface area (Å²) in [5.74, 6) is 0.783. The van der Waals surface area contributed by atoms with Crippen molar-refractivity contribution in [3.8, 4) is 5.75 Å². The normalized spacial score (nSPS) is 10.4. The number of benzene rings is 1. The average molecular weight is 260 g/mol. The average Bonchev–Trinajstić information content (AvgIpc) is 2.84. The number of rotatable bonds is 6. The Labute approximate surface area is 111 Å². The molecule has 100 valence electrons. The van der Waals surface area contributed by atoms with E-state index in [9.17, 15) is 4.79 Å². The Bertz CT molecular complexity index is 563. The third kappa shape index (κ3) is 3.58. The first kappa shape index (κ1) is 13.1. The zero-order valence-electron chi connectivity index (χ0n) is 10.7. The van der Waals surface area contributed by atoms with Crippen molar-refractivity contribution in [3.05, 3.63) is 48.0 Å². The molecule has 0 radical (unpaired) electrons. The van der Waals surface area contributed by atoms with Crippen molar-refractivity contribution in [3.63, 3.8) is 0 Å². The first-order valence-electron chi connectivity index (χ1n) is 6.04. The molecule has 19 heavy (non-hydrogen) atoms. The fourth-order valence-corrected chi connectivity index (χ4v) is 1.90. The maximum absolute atomic E-state index is 10.6. The summed E-state index contributed by atoms with van der Waals surface area (Å²) < 4.78 is 7.14. The number of aryl methyl sites for hydroxylation is 1. The lowest BCUT2D eigenvalue weighted by atomic mass is 10.2. The van der Waals surface area contributed by atoms with Crippen LogP contribution in [0.2, 0.25) is 0 Å². The Kier molecular flexibility index (Phi) is 4.18. The highest BCUT2D eigenvalue weighted by Crippen LogP contribution is 2.14. The van der Waals surface area contributed by atoms with Gasteiger partial charge in [-0.3, -0.25) is 4.79 Å². The van der Waals surface area contributed by atoms with E-state index in [2.05, 4.69) is 4.98 Å². The van der Waals surface area contributed by atoms with E-state index in [-0.39, 0.29) is 6.42 Å². The standard InChI is InChI=1S/C14H16N2O3/c1-19-12-4-2-3-11(9-12)10-16-8-7-15-13(16)5-6-14(17)18/h2-4,7-9H,5-6,10H2,1H3,(H,17,18).